The molecule has 4 heteroatoms. The number of nitrogens with one attached hydrogen (secondary N) is 1. The first-order valence-electron chi connectivity index (χ1n) is 4.88. The first-order valence-corrected chi connectivity index (χ1v) is 4.88. The van der Waals surface area contributed by atoms with Gasteiger partial charge in [0.2, 0.25) is 0 Å². The van der Waals surface area contributed by atoms with Crippen LogP contribution in [0.5, 0.6) is 0 Å². The summed E-state index contributed by atoms with van der Waals surface area (Å²) in [7, 11) is 0. The Labute approximate surface area is 89.9 Å². The third-order valence-corrected chi connectivity index (χ3v) is 1.83. The van der Waals surface area contributed by atoms with Gasteiger partial charge in [-0.25, -0.2) is 4.98 Å². The van der Waals surface area contributed by atoms with E-state index in [4.69, 9.17) is 5.73 Å². The molecule has 0 atom stereocenters. The van der Waals surface area contributed by atoms with Crippen molar-refractivity contribution in [1.29, 1.82) is 0 Å². The summed E-state index contributed by atoms with van der Waals surface area (Å²) in [5.41, 5.74) is 6.04. The molecular formula is C11H17N3O. The number of carbonyl (C=O) groups excluding carboxylic acids is 1. The summed E-state index contributed by atoms with van der Waals surface area (Å²) in [6.07, 6.45) is 1.48. The van der Waals surface area contributed by atoms with E-state index in [-0.39, 0.29) is 11.3 Å². The fraction of sp³-hybridized carbons (Fsp3) is 0.455. The van der Waals surface area contributed by atoms with Crippen LogP contribution in [0.4, 0.5) is 5.82 Å². The Bertz CT molecular complexity index is 338. The molecule has 1 aromatic heterocycles. The molecule has 0 aliphatic rings. The highest BCUT2D eigenvalue weighted by atomic mass is 16.1. The van der Waals surface area contributed by atoms with Crippen molar-refractivity contribution < 1.29 is 4.79 Å². The largest absolute Gasteiger partial charge is 0.384 e. The van der Waals surface area contributed by atoms with E-state index in [1.165, 1.54) is 6.20 Å². The number of nitrogens with two attached hydrogens (primary N) is 1. The van der Waals surface area contributed by atoms with E-state index in [1.54, 1.807) is 12.1 Å². The van der Waals surface area contributed by atoms with Crippen LogP contribution in [0.25, 0.3) is 0 Å². The maximum Gasteiger partial charge on any atom is 0.252 e. The molecule has 0 bridgehead atoms. The zero-order chi connectivity index (χ0) is 11.5. The van der Waals surface area contributed by atoms with Crippen molar-refractivity contribution in [3.8, 4) is 0 Å². The number of nitrogen functional groups attached to an aromatic ring is 1. The molecule has 0 radical (unpaired) electrons. The van der Waals surface area contributed by atoms with Crippen LogP contribution in [0.1, 0.15) is 31.1 Å². The van der Waals surface area contributed by atoms with Crippen molar-refractivity contribution in [1.82, 2.24) is 10.3 Å². The van der Waals surface area contributed by atoms with E-state index in [0.29, 0.717) is 17.9 Å². The highest BCUT2D eigenvalue weighted by Crippen LogP contribution is 2.10. The molecule has 4 nitrogen and oxygen atoms in total. The summed E-state index contributed by atoms with van der Waals surface area (Å²) in [5, 5.41) is 2.84. The number of amides is 1. The highest BCUT2D eigenvalue weighted by Gasteiger charge is 2.12. The van der Waals surface area contributed by atoms with Gasteiger partial charge in [0.25, 0.3) is 5.91 Å². The number of nitrogens with zero attached hydrogens (tertiary/aromatic N) is 1. The predicted octanol–water partition coefficient (Wildman–Crippen LogP) is 1.44. The molecule has 0 aliphatic heterocycles. The second-order valence-electron chi connectivity index (χ2n) is 4.72. The molecule has 0 saturated heterocycles. The maximum absolute atomic E-state index is 11.6. The third-order valence-electron chi connectivity index (χ3n) is 1.83. The van der Waals surface area contributed by atoms with Crippen molar-refractivity contribution in [3.05, 3.63) is 23.9 Å². The van der Waals surface area contributed by atoms with Crippen molar-refractivity contribution in [2.75, 3.05) is 12.3 Å². The van der Waals surface area contributed by atoms with Gasteiger partial charge in [-0.2, -0.15) is 0 Å². The Morgan fingerprint density at radius 3 is 2.60 bits per heavy atom. The lowest BCUT2D eigenvalue weighted by atomic mass is 9.97. The molecule has 0 saturated carbocycles. The second kappa shape index (κ2) is 4.29. The third kappa shape index (κ3) is 3.97. The molecule has 15 heavy (non-hydrogen) atoms. The number of hydrogen-bond acceptors (Lipinski definition) is 3. The standard InChI is InChI=1S/C11H17N3O/c1-11(2,3)7-14-10(15)8-4-5-9(12)13-6-8/h4-6H,7H2,1-3H3,(H2,12,13)(H,14,15). The fourth-order valence-electron chi connectivity index (χ4n) is 0.987. The van der Waals surface area contributed by atoms with Crippen molar-refractivity contribution in [2.24, 2.45) is 5.41 Å². The van der Waals surface area contributed by atoms with Crippen LogP contribution in [0.2, 0.25) is 0 Å². The monoisotopic (exact) mass is 207 g/mol. The van der Waals surface area contributed by atoms with Gasteiger partial charge < -0.3 is 11.1 Å². The fourth-order valence-corrected chi connectivity index (χ4v) is 0.987. The molecule has 0 unspecified atom stereocenters. The van der Waals surface area contributed by atoms with Crippen LogP contribution in [0, 0.1) is 5.41 Å². The molecule has 82 valence electrons. The van der Waals surface area contributed by atoms with E-state index in [9.17, 15) is 4.79 Å². The average Bonchev–Trinajstić information content (AvgIpc) is 2.14. The predicted molar refractivity (Wildman–Crippen MR) is 60.4 cm³/mol. The Kier molecular flexibility index (Phi) is 3.29. The van der Waals surface area contributed by atoms with Crippen molar-refractivity contribution in [2.45, 2.75) is 20.8 Å². The normalized spacial score (nSPS) is 11.1. The Balaban J connectivity index is 2.58. The Morgan fingerprint density at radius 1 is 1.47 bits per heavy atom. The molecular weight excluding hydrogens is 190 g/mol. The molecule has 1 heterocycles. The second-order valence-corrected chi connectivity index (χ2v) is 4.72. The molecule has 1 rings (SSSR count). The van der Waals surface area contributed by atoms with Crippen LogP contribution >= 0.6 is 0 Å². The number of anilines is 1. The number of hydrogen-bond donors (Lipinski definition) is 2. The van der Waals surface area contributed by atoms with Crippen LogP contribution in [0.3, 0.4) is 0 Å². The van der Waals surface area contributed by atoms with Crippen LogP contribution < -0.4 is 11.1 Å². The molecule has 3 N–H and O–H groups in total. The van der Waals surface area contributed by atoms with Gasteiger partial charge in [-0.1, -0.05) is 20.8 Å². The molecule has 0 fully saturated rings. The van der Waals surface area contributed by atoms with Gasteiger partial charge in [0.15, 0.2) is 0 Å². The first kappa shape index (κ1) is 11.5. The molecule has 0 spiro atoms. The quantitative estimate of drug-likeness (QED) is 0.771. The van der Waals surface area contributed by atoms with Gasteiger partial charge in [-0.05, 0) is 17.5 Å². The van der Waals surface area contributed by atoms with Crippen molar-refractivity contribution >= 4 is 11.7 Å². The summed E-state index contributed by atoms with van der Waals surface area (Å²) in [4.78, 5) is 15.5. The van der Waals surface area contributed by atoms with Gasteiger partial charge >= 0.3 is 0 Å². The van der Waals surface area contributed by atoms with Gasteiger partial charge in [-0.3, -0.25) is 4.79 Å². The summed E-state index contributed by atoms with van der Waals surface area (Å²) >= 11 is 0. The van der Waals surface area contributed by atoms with E-state index in [2.05, 4.69) is 31.1 Å². The summed E-state index contributed by atoms with van der Waals surface area (Å²) in [6, 6.07) is 3.28. The average molecular weight is 207 g/mol. The van der Waals surface area contributed by atoms with E-state index >= 15 is 0 Å². The summed E-state index contributed by atoms with van der Waals surface area (Å²) in [5.74, 6) is 0.305. The molecule has 0 aromatic carbocycles. The SMILES string of the molecule is CC(C)(C)CNC(=O)c1ccc(N)nc1. The molecule has 1 amide bonds. The molecule has 0 aliphatic carbocycles. The number of aromatic nitrogens is 1. The number of pyridine rings is 1. The van der Waals surface area contributed by atoms with E-state index in [1.807, 2.05) is 0 Å². The zero-order valence-corrected chi connectivity index (χ0v) is 9.37. The minimum Gasteiger partial charge on any atom is -0.384 e. The number of carbonyl (C=O) groups is 1. The summed E-state index contributed by atoms with van der Waals surface area (Å²) < 4.78 is 0. The van der Waals surface area contributed by atoms with Gasteiger partial charge in [0.05, 0.1) is 5.56 Å². The summed E-state index contributed by atoms with van der Waals surface area (Å²) in [6.45, 7) is 6.83. The first-order chi connectivity index (χ1) is 6.88. The van der Waals surface area contributed by atoms with Crippen molar-refractivity contribution in [3.63, 3.8) is 0 Å². The molecule has 1 aromatic rings. The maximum atomic E-state index is 11.6. The highest BCUT2D eigenvalue weighted by molar-refractivity contribution is 5.94. The van der Waals surface area contributed by atoms with Gasteiger partial charge in [0.1, 0.15) is 5.82 Å². The Morgan fingerprint density at radius 2 is 2.13 bits per heavy atom. The van der Waals surface area contributed by atoms with Crippen LogP contribution in [-0.2, 0) is 0 Å². The van der Waals surface area contributed by atoms with Gasteiger partial charge in [0, 0.05) is 12.7 Å². The minimum absolute atomic E-state index is 0.0803. The van der Waals surface area contributed by atoms with Crippen LogP contribution in [0.15, 0.2) is 18.3 Å². The lowest BCUT2D eigenvalue weighted by molar-refractivity contribution is 0.0939. The van der Waals surface area contributed by atoms with Gasteiger partial charge in [-0.15, -0.1) is 0 Å². The Hall–Kier alpha value is -1.58. The van der Waals surface area contributed by atoms with Crippen LogP contribution in [-0.4, -0.2) is 17.4 Å². The van der Waals surface area contributed by atoms with E-state index in [0.717, 1.165) is 0 Å². The lowest BCUT2D eigenvalue weighted by Gasteiger charge is -2.18. The minimum atomic E-state index is -0.113. The van der Waals surface area contributed by atoms with E-state index < -0.39 is 0 Å². The smallest absolute Gasteiger partial charge is 0.252 e. The number of rotatable bonds is 2. The lowest BCUT2D eigenvalue weighted by Crippen LogP contribution is -2.32. The topological polar surface area (TPSA) is 68.0 Å². The zero-order valence-electron chi connectivity index (χ0n) is 9.37.